The molecular formula is C11H13N5S. The van der Waals surface area contributed by atoms with Crippen LogP contribution in [0.15, 0.2) is 24.0 Å². The summed E-state index contributed by atoms with van der Waals surface area (Å²) in [4.78, 5) is 12.8. The molecule has 0 spiro atoms. The van der Waals surface area contributed by atoms with E-state index in [1.54, 1.807) is 17.5 Å². The number of fused-ring (bicyclic) bond motifs is 1. The minimum atomic E-state index is 0.740. The molecule has 6 heteroatoms. The first-order valence-corrected chi connectivity index (χ1v) is 6.32. The third-order valence-corrected chi connectivity index (χ3v) is 3.46. The molecule has 3 rings (SSSR count). The summed E-state index contributed by atoms with van der Waals surface area (Å²) in [5.74, 6) is 0.953. The van der Waals surface area contributed by atoms with Crippen molar-refractivity contribution >= 4 is 16.3 Å². The van der Waals surface area contributed by atoms with E-state index in [-0.39, 0.29) is 0 Å². The number of aromatic amines is 1. The number of H-pyrrole nitrogens is 1. The highest BCUT2D eigenvalue weighted by Crippen LogP contribution is 2.16. The summed E-state index contributed by atoms with van der Waals surface area (Å²) in [7, 11) is 0. The minimum Gasteiger partial charge on any atom is -0.348 e. The highest BCUT2D eigenvalue weighted by atomic mass is 32.1. The van der Waals surface area contributed by atoms with Crippen LogP contribution in [0, 0.1) is 6.92 Å². The number of thiazole rings is 1. The average molecular weight is 247 g/mol. The van der Waals surface area contributed by atoms with Crippen molar-refractivity contribution in [2.75, 3.05) is 0 Å². The van der Waals surface area contributed by atoms with Gasteiger partial charge in [0.15, 0.2) is 4.96 Å². The van der Waals surface area contributed by atoms with Gasteiger partial charge in [0.05, 0.1) is 17.9 Å². The van der Waals surface area contributed by atoms with Crippen LogP contribution in [-0.2, 0) is 13.1 Å². The maximum Gasteiger partial charge on any atom is 0.194 e. The molecule has 3 heterocycles. The summed E-state index contributed by atoms with van der Waals surface area (Å²) in [6.07, 6.45) is 5.65. The molecule has 3 aromatic rings. The lowest BCUT2D eigenvalue weighted by molar-refractivity contribution is 0.651. The SMILES string of the molecule is Cc1nc2sccn2c1CNCc1ncc[nH]1. The van der Waals surface area contributed by atoms with Crippen molar-refractivity contribution < 1.29 is 0 Å². The van der Waals surface area contributed by atoms with Gasteiger partial charge in [-0.25, -0.2) is 9.97 Å². The van der Waals surface area contributed by atoms with E-state index < -0.39 is 0 Å². The maximum absolute atomic E-state index is 4.51. The van der Waals surface area contributed by atoms with Gasteiger partial charge in [-0.05, 0) is 6.92 Å². The second-order valence-corrected chi connectivity index (χ2v) is 4.71. The predicted octanol–water partition coefficient (Wildman–Crippen LogP) is 1.72. The number of aryl methyl sites for hydroxylation is 1. The molecule has 0 aliphatic carbocycles. The zero-order chi connectivity index (χ0) is 11.7. The standard InChI is InChI=1S/C11H13N5S/c1-8-9(16-4-5-17-11(16)15-8)6-12-7-10-13-2-3-14-10/h2-5,12H,6-7H2,1H3,(H,13,14). The molecule has 2 N–H and O–H groups in total. The second-order valence-electron chi connectivity index (χ2n) is 3.84. The van der Waals surface area contributed by atoms with Gasteiger partial charge in [0.25, 0.3) is 0 Å². The molecule has 0 bridgehead atoms. The van der Waals surface area contributed by atoms with Crippen molar-refractivity contribution in [1.82, 2.24) is 24.7 Å². The van der Waals surface area contributed by atoms with Crippen molar-refractivity contribution in [2.45, 2.75) is 20.0 Å². The Hall–Kier alpha value is -1.66. The van der Waals surface area contributed by atoms with E-state index in [1.807, 2.05) is 13.1 Å². The Kier molecular flexibility index (Phi) is 2.66. The third-order valence-electron chi connectivity index (χ3n) is 2.70. The Bertz CT molecular complexity index is 607. The van der Waals surface area contributed by atoms with E-state index in [0.717, 1.165) is 29.6 Å². The van der Waals surface area contributed by atoms with Crippen molar-refractivity contribution in [2.24, 2.45) is 0 Å². The van der Waals surface area contributed by atoms with Gasteiger partial charge in [-0.2, -0.15) is 0 Å². The fourth-order valence-corrected chi connectivity index (χ4v) is 2.63. The zero-order valence-electron chi connectivity index (χ0n) is 9.47. The van der Waals surface area contributed by atoms with Crippen LogP contribution in [0.1, 0.15) is 17.2 Å². The van der Waals surface area contributed by atoms with Crippen LogP contribution in [0.4, 0.5) is 0 Å². The van der Waals surface area contributed by atoms with Gasteiger partial charge in [0.1, 0.15) is 5.82 Å². The molecule has 0 amide bonds. The van der Waals surface area contributed by atoms with Gasteiger partial charge in [-0.3, -0.25) is 4.40 Å². The van der Waals surface area contributed by atoms with Crippen molar-refractivity contribution in [3.05, 3.63) is 41.2 Å². The number of aromatic nitrogens is 4. The Labute approximate surface area is 103 Å². The maximum atomic E-state index is 4.51. The summed E-state index contributed by atoms with van der Waals surface area (Å²) in [5, 5.41) is 5.42. The third kappa shape index (κ3) is 1.96. The number of hydrogen-bond donors (Lipinski definition) is 2. The lowest BCUT2D eigenvalue weighted by atomic mass is 10.3. The van der Waals surface area contributed by atoms with E-state index in [9.17, 15) is 0 Å². The van der Waals surface area contributed by atoms with Crippen LogP contribution in [0.25, 0.3) is 4.96 Å². The van der Waals surface area contributed by atoms with Gasteiger partial charge in [-0.15, -0.1) is 11.3 Å². The molecule has 0 fully saturated rings. The van der Waals surface area contributed by atoms with E-state index in [1.165, 1.54) is 5.69 Å². The van der Waals surface area contributed by atoms with Crippen LogP contribution in [0.3, 0.4) is 0 Å². The lowest BCUT2D eigenvalue weighted by Crippen LogP contribution is -2.15. The molecule has 0 aliphatic rings. The monoisotopic (exact) mass is 247 g/mol. The molecule has 3 aromatic heterocycles. The molecule has 0 saturated heterocycles. The molecule has 17 heavy (non-hydrogen) atoms. The van der Waals surface area contributed by atoms with Gasteiger partial charge in [-0.1, -0.05) is 0 Å². The molecule has 0 aliphatic heterocycles. The van der Waals surface area contributed by atoms with Gasteiger partial charge < -0.3 is 10.3 Å². The quantitative estimate of drug-likeness (QED) is 0.738. The zero-order valence-corrected chi connectivity index (χ0v) is 10.3. The van der Waals surface area contributed by atoms with Crippen LogP contribution in [0.2, 0.25) is 0 Å². The van der Waals surface area contributed by atoms with E-state index in [0.29, 0.717) is 0 Å². The second kappa shape index (κ2) is 4.31. The van der Waals surface area contributed by atoms with Gasteiger partial charge in [0.2, 0.25) is 0 Å². The lowest BCUT2D eigenvalue weighted by Gasteiger charge is -2.03. The van der Waals surface area contributed by atoms with Gasteiger partial charge in [0, 0.05) is 30.5 Å². The molecule has 0 unspecified atom stereocenters. The number of hydrogen-bond acceptors (Lipinski definition) is 4. The van der Waals surface area contributed by atoms with Gasteiger partial charge >= 0.3 is 0 Å². The van der Waals surface area contributed by atoms with E-state index in [2.05, 4.69) is 36.2 Å². The Morgan fingerprint density at radius 2 is 2.41 bits per heavy atom. The smallest absolute Gasteiger partial charge is 0.194 e. The number of rotatable bonds is 4. The summed E-state index contributed by atoms with van der Waals surface area (Å²) in [5.41, 5.74) is 2.30. The molecule has 0 aromatic carbocycles. The molecule has 88 valence electrons. The highest BCUT2D eigenvalue weighted by Gasteiger charge is 2.08. The van der Waals surface area contributed by atoms with Crippen LogP contribution >= 0.6 is 11.3 Å². The summed E-state index contributed by atoms with van der Waals surface area (Å²) in [6, 6.07) is 0. The minimum absolute atomic E-state index is 0.740. The first-order chi connectivity index (χ1) is 8.34. The van der Waals surface area contributed by atoms with Crippen LogP contribution < -0.4 is 5.32 Å². The first-order valence-electron chi connectivity index (χ1n) is 5.44. The number of nitrogens with zero attached hydrogens (tertiary/aromatic N) is 3. The summed E-state index contributed by atoms with van der Waals surface area (Å²) in [6.45, 7) is 3.58. The Balaban J connectivity index is 1.72. The van der Waals surface area contributed by atoms with Crippen LogP contribution in [-0.4, -0.2) is 19.4 Å². The van der Waals surface area contributed by atoms with Crippen LogP contribution in [0.5, 0.6) is 0 Å². The molecular weight excluding hydrogens is 234 g/mol. The van der Waals surface area contributed by atoms with Crippen molar-refractivity contribution in [3.8, 4) is 0 Å². The molecule has 0 atom stereocenters. The normalized spacial score (nSPS) is 11.4. The molecule has 5 nitrogen and oxygen atoms in total. The highest BCUT2D eigenvalue weighted by molar-refractivity contribution is 7.15. The predicted molar refractivity (Wildman–Crippen MR) is 66.9 cm³/mol. The Morgan fingerprint density at radius 1 is 1.47 bits per heavy atom. The van der Waals surface area contributed by atoms with Crippen molar-refractivity contribution in [1.29, 1.82) is 0 Å². The molecule has 0 radical (unpaired) electrons. The number of nitrogens with one attached hydrogen (secondary N) is 2. The number of imidazole rings is 2. The fraction of sp³-hybridized carbons (Fsp3) is 0.273. The molecule has 0 saturated carbocycles. The first kappa shape index (κ1) is 10.5. The van der Waals surface area contributed by atoms with E-state index >= 15 is 0 Å². The Morgan fingerprint density at radius 3 is 3.24 bits per heavy atom. The summed E-state index contributed by atoms with van der Waals surface area (Å²) >= 11 is 1.66. The largest absolute Gasteiger partial charge is 0.348 e. The average Bonchev–Trinajstić information content (AvgIpc) is 2.98. The topological polar surface area (TPSA) is 58.0 Å². The van der Waals surface area contributed by atoms with E-state index in [4.69, 9.17) is 0 Å². The fourth-order valence-electron chi connectivity index (χ4n) is 1.85. The van der Waals surface area contributed by atoms with Crippen molar-refractivity contribution in [3.63, 3.8) is 0 Å². The summed E-state index contributed by atoms with van der Waals surface area (Å²) < 4.78 is 2.13.